The highest BCUT2D eigenvalue weighted by Crippen LogP contribution is 2.27. The number of hydrogen-bond acceptors (Lipinski definition) is 5. The second kappa shape index (κ2) is 10.9. The normalized spacial score (nSPS) is 14.1. The molecule has 1 aromatic heterocycles. The van der Waals surface area contributed by atoms with Crippen LogP contribution in [0.1, 0.15) is 57.5 Å². The predicted octanol–water partition coefficient (Wildman–Crippen LogP) is 4.31. The van der Waals surface area contributed by atoms with Gasteiger partial charge in [-0.3, -0.25) is 9.59 Å². The summed E-state index contributed by atoms with van der Waals surface area (Å²) in [6, 6.07) is 5.41. The molecule has 0 spiro atoms. The molecule has 0 unspecified atom stereocenters. The van der Waals surface area contributed by atoms with Crippen molar-refractivity contribution >= 4 is 33.4 Å². The molecule has 0 aliphatic rings. The van der Waals surface area contributed by atoms with Crippen molar-refractivity contribution in [3.63, 3.8) is 0 Å². The van der Waals surface area contributed by atoms with Crippen molar-refractivity contribution in [2.45, 2.75) is 65.5 Å². The molecule has 2 N–H and O–H groups in total. The molecule has 1 aromatic carbocycles. The first-order valence-corrected chi connectivity index (χ1v) is 11.0. The molecule has 1 heterocycles. The van der Waals surface area contributed by atoms with E-state index in [1.54, 1.807) is 11.3 Å². The maximum atomic E-state index is 12.9. The van der Waals surface area contributed by atoms with E-state index in [-0.39, 0.29) is 23.8 Å². The largest absolute Gasteiger partial charge is 0.352 e. The standard InChI is InChI=1S/C21H30N6O2S/c1-12(2)16-6-7-17-19(10-16)30-20(26-17)11-18(25-15(5)28)21(29)24-14(4)13(3)8-9-23-27-22/h6-7,10,12-14,18H,8-9,11H2,1-5H3,(H,24,29)(H,25,28)/t13-,14-,18-/m0/s1. The third-order valence-corrected chi connectivity index (χ3v) is 6.21. The fraction of sp³-hybridized carbons (Fsp3) is 0.571. The van der Waals surface area contributed by atoms with Gasteiger partial charge in [0.1, 0.15) is 6.04 Å². The molecular formula is C21H30N6O2S. The molecule has 0 saturated carbocycles. The van der Waals surface area contributed by atoms with Crippen LogP contribution < -0.4 is 10.6 Å². The van der Waals surface area contributed by atoms with Crippen molar-refractivity contribution in [2.75, 3.05) is 6.54 Å². The van der Waals surface area contributed by atoms with Crippen molar-refractivity contribution in [1.29, 1.82) is 0 Å². The molecule has 0 aliphatic heterocycles. The Bertz CT molecular complexity index is 935. The number of nitrogens with one attached hydrogen (secondary N) is 2. The number of rotatable bonds is 10. The summed E-state index contributed by atoms with van der Waals surface area (Å²) in [7, 11) is 0. The van der Waals surface area contributed by atoms with Crippen molar-refractivity contribution in [2.24, 2.45) is 11.0 Å². The van der Waals surface area contributed by atoms with Gasteiger partial charge in [0.05, 0.1) is 15.2 Å². The van der Waals surface area contributed by atoms with E-state index >= 15 is 0 Å². The van der Waals surface area contributed by atoms with Crippen LogP contribution in [0.3, 0.4) is 0 Å². The minimum atomic E-state index is -0.695. The molecule has 30 heavy (non-hydrogen) atoms. The number of hydrogen-bond donors (Lipinski definition) is 2. The van der Waals surface area contributed by atoms with Crippen LogP contribution in [0.15, 0.2) is 23.3 Å². The summed E-state index contributed by atoms with van der Waals surface area (Å²) in [6.07, 6.45) is 1.01. The summed E-state index contributed by atoms with van der Waals surface area (Å²) < 4.78 is 1.08. The van der Waals surface area contributed by atoms with Crippen LogP contribution in [0.2, 0.25) is 0 Å². The van der Waals surface area contributed by atoms with Crippen molar-refractivity contribution in [1.82, 2.24) is 15.6 Å². The predicted molar refractivity (Wildman–Crippen MR) is 120 cm³/mol. The Morgan fingerprint density at radius 1 is 1.23 bits per heavy atom. The maximum Gasteiger partial charge on any atom is 0.243 e. The second-order valence-corrected chi connectivity index (χ2v) is 9.08. The molecule has 8 nitrogen and oxygen atoms in total. The van der Waals surface area contributed by atoms with Gasteiger partial charge in [0.2, 0.25) is 11.8 Å². The zero-order chi connectivity index (χ0) is 22.3. The van der Waals surface area contributed by atoms with Crippen LogP contribution in [0.4, 0.5) is 0 Å². The first-order chi connectivity index (χ1) is 14.2. The van der Waals surface area contributed by atoms with E-state index in [1.165, 1.54) is 12.5 Å². The van der Waals surface area contributed by atoms with Crippen molar-refractivity contribution in [3.05, 3.63) is 39.2 Å². The lowest BCUT2D eigenvalue weighted by Crippen LogP contribution is -2.50. The number of aromatic nitrogens is 1. The highest BCUT2D eigenvalue weighted by atomic mass is 32.1. The number of amides is 2. The molecular weight excluding hydrogens is 400 g/mol. The van der Waals surface area contributed by atoms with Gasteiger partial charge in [-0.05, 0) is 48.4 Å². The molecule has 2 aromatic rings. The van der Waals surface area contributed by atoms with Gasteiger partial charge in [-0.15, -0.1) is 11.3 Å². The smallest absolute Gasteiger partial charge is 0.243 e. The Morgan fingerprint density at radius 3 is 2.60 bits per heavy atom. The number of carbonyl (C=O) groups is 2. The number of azide groups is 1. The van der Waals surface area contributed by atoms with Crippen LogP contribution in [-0.2, 0) is 16.0 Å². The van der Waals surface area contributed by atoms with Crippen LogP contribution in [0.25, 0.3) is 20.7 Å². The molecule has 162 valence electrons. The lowest BCUT2D eigenvalue weighted by molar-refractivity contribution is -0.128. The molecule has 9 heteroatoms. The summed E-state index contributed by atoms with van der Waals surface area (Å²) in [4.78, 5) is 31.9. The Hall–Kier alpha value is -2.64. The summed E-state index contributed by atoms with van der Waals surface area (Å²) in [5, 5.41) is 10.1. The van der Waals surface area contributed by atoms with E-state index in [1.807, 2.05) is 19.9 Å². The summed E-state index contributed by atoms with van der Waals surface area (Å²) >= 11 is 1.55. The highest BCUT2D eigenvalue weighted by Gasteiger charge is 2.24. The Morgan fingerprint density at radius 2 is 1.97 bits per heavy atom. The van der Waals surface area contributed by atoms with Crippen LogP contribution in [-0.4, -0.2) is 35.4 Å². The third-order valence-electron chi connectivity index (χ3n) is 5.17. The van der Waals surface area contributed by atoms with Gasteiger partial charge in [-0.25, -0.2) is 4.98 Å². The van der Waals surface area contributed by atoms with Crippen LogP contribution in [0.5, 0.6) is 0 Å². The van der Waals surface area contributed by atoms with Gasteiger partial charge in [0.25, 0.3) is 0 Å². The second-order valence-electron chi connectivity index (χ2n) is 7.96. The first-order valence-electron chi connectivity index (χ1n) is 10.2. The molecule has 0 aliphatic carbocycles. The number of carbonyl (C=O) groups excluding carboxylic acids is 2. The summed E-state index contributed by atoms with van der Waals surface area (Å²) in [6.45, 7) is 9.99. The number of thiazole rings is 1. The van der Waals surface area contributed by atoms with E-state index in [0.29, 0.717) is 25.3 Å². The third kappa shape index (κ3) is 6.71. The number of benzene rings is 1. The van der Waals surface area contributed by atoms with Crippen LogP contribution >= 0.6 is 11.3 Å². The molecule has 3 atom stereocenters. The van der Waals surface area contributed by atoms with Gasteiger partial charge in [0.15, 0.2) is 0 Å². The van der Waals surface area contributed by atoms with Gasteiger partial charge in [-0.1, -0.05) is 32.0 Å². The Labute approximate surface area is 181 Å². The summed E-state index contributed by atoms with van der Waals surface area (Å²) in [5.41, 5.74) is 10.5. The number of nitrogens with zero attached hydrogens (tertiary/aromatic N) is 4. The Kier molecular flexibility index (Phi) is 8.62. The highest BCUT2D eigenvalue weighted by molar-refractivity contribution is 7.18. The zero-order valence-corrected chi connectivity index (χ0v) is 19.0. The average Bonchev–Trinajstić information content (AvgIpc) is 3.08. The van der Waals surface area contributed by atoms with E-state index in [2.05, 4.69) is 51.6 Å². The van der Waals surface area contributed by atoms with Gasteiger partial charge in [-0.2, -0.15) is 0 Å². The van der Waals surface area contributed by atoms with E-state index in [4.69, 9.17) is 5.53 Å². The Balaban J connectivity index is 2.11. The molecule has 0 bridgehead atoms. The maximum absolute atomic E-state index is 12.9. The van der Waals surface area contributed by atoms with E-state index in [9.17, 15) is 9.59 Å². The minimum absolute atomic E-state index is 0.119. The molecule has 0 saturated heterocycles. The fourth-order valence-corrected chi connectivity index (χ4v) is 4.15. The zero-order valence-electron chi connectivity index (χ0n) is 18.2. The monoisotopic (exact) mass is 430 g/mol. The van der Waals surface area contributed by atoms with E-state index in [0.717, 1.165) is 15.2 Å². The minimum Gasteiger partial charge on any atom is -0.352 e. The first kappa shape index (κ1) is 23.6. The average molecular weight is 431 g/mol. The summed E-state index contributed by atoms with van der Waals surface area (Å²) in [5.74, 6) is 0.0624. The van der Waals surface area contributed by atoms with Crippen LogP contribution in [0, 0.1) is 5.92 Å². The molecule has 2 amide bonds. The van der Waals surface area contributed by atoms with Crippen molar-refractivity contribution < 1.29 is 9.59 Å². The topological polar surface area (TPSA) is 120 Å². The van der Waals surface area contributed by atoms with Crippen molar-refractivity contribution in [3.8, 4) is 0 Å². The lowest BCUT2D eigenvalue weighted by Gasteiger charge is -2.24. The van der Waals surface area contributed by atoms with Gasteiger partial charge in [0, 0.05) is 30.8 Å². The van der Waals surface area contributed by atoms with E-state index < -0.39 is 6.04 Å². The SMILES string of the molecule is CC(=O)N[C@@H](Cc1nc2ccc(C(C)C)cc2s1)C(=O)N[C@@H](C)[C@@H](C)CCN=[N+]=[N-]. The lowest BCUT2D eigenvalue weighted by atomic mass is 9.99. The molecule has 0 radical (unpaired) electrons. The number of fused-ring (bicyclic) bond motifs is 1. The quantitative estimate of drug-likeness (QED) is 0.332. The van der Waals surface area contributed by atoms with Gasteiger partial charge >= 0.3 is 0 Å². The molecule has 0 fully saturated rings. The molecule has 2 rings (SSSR count). The van der Waals surface area contributed by atoms with Gasteiger partial charge < -0.3 is 10.6 Å². The fourth-order valence-electron chi connectivity index (χ4n) is 3.09.